The molecule has 5 nitrogen and oxygen atoms in total. The maximum absolute atomic E-state index is 12.4. The lowest BCUT2D eigenvalue weighted by atomic mass is 10.1. The van der Waals surface area contributed by atoms with Crippen molar-refractivity contribution < 1.29 is 19.5 Å². The molecule has 20 heavy (non-hydrogen) atoms. The molecule has 106 valence electrons. The monoisotopic (exact) mass is 293 g/mol. The zero-order valence-electron chi connectivity index (χ0n) is 11.3. The molecule has 1 aromatic rings. The van der Waals surface area contributed by atoms with E-state index in [-0.39, 0.29) is 18.9 Å². The van der Waals surface area contributed by atoms with Crippen LogP contribution in [0.4, 0.5) is 5.69 Å². The molecular weight excluding hydrogens is 278 g/mol. The van der Waals surface area contributed by atoms with E-state index in [0.717, 1.165) is 11.2 Å². The lowest BCUT2D eigenvalue weighted by molar-refractivity contribution is -0.136. The van der Waals surface area contributed by atoms with E-state index < -0.39 is 10.7 Å². The van der Waals surface area contributed by atoms with Gasteiger partial charge in [0, 0.05) is 17.0 Å². The first kappa shape index (κ1) is 14.6. The maximum Gasteiger partial charge on any atom is 0.305 e. The number of rotatable bonds is 4. The minimum atomic E-state index is -0.945. The number of carbonyl (C=O) groups is 3. The fourth-order valence-electron chi connectivity index (χ4n) is 2.09. The van der Waals surface area contributed by atoms with Gasteiger partial charge in [0.1, 0.15) is 6.29 Å². The Labute approximate surface area is 121 Å². The smallest absolute Gasteiger partial charge is 0.305 e. The van der Waals surface area contributed by atoms with Gasteiger partial charge in [-0.15, -0.1) is 11.8 Å². The number of benzene rings is 1. The minimum absolute atomic E-state index is 0.110. The summed E-state index contributed by atoms with van der Waals surface area (Å²) in [4.78, 5) is 36.3. The molecule has 0 atom stereocenters. The molecule has 0 spiro atoms. The molecule has 0 saturated carbocycles. The molecule has 0 bridgehead atoms. The number of aldehydes is 1. The van der Waals surface area contributed by atoms with Crippen LogP contribution in [0.2, 0.25) is 0 Å². The molecule has 0 unspecified atom stereocenters. The zero-order chi connectivity index (χ0) is 14.9. The number of carbonyl (C=O) groups excluding carboxylic acids is 2. The van der Waals surface area contributed by atoms with Crippen molar-refractivity contribution in [3.63, 3.8) is 0 Å². The average Bonchev–Trinajstić information content (AvgIpc) is 2.38. The third kappa shape index (κ3) is 2.70. The number of thioether (sulfide) groups is 1. The number of hydrogen-bond donors (Lipinski definition) is 1. The van der Waals surface area contributed by atoms with Crippen molar-refractivity contribution in [2.45, 2.75) is 29.9 Å². The highest BCUT2D eigenvalue weighted by atomic mass is 32.2. The Kier molecular flexibility index (Phi) is 3.85. The van der Waals surface area contributed by atoms with Crippen molar-refractivity contribution in [1.29, 1.82) is 0 Å². The lowest BCUT2D eigenvalue weighted by Crippen LogP contribution is -2.47. The fourth-order valence-corrected chi connectivity index (χ4v) is 3.32. The van der Waals surface area contributed by atoms with E-state index >= 15 is 0 Å². The first-order valence-electron chi connectivity index (χ1n) is 6.17. The third-order valence-corrected chi connectivity index (χ3v) is 4.32. The van der Waals surface area contributed by atoms with Gasteiger partial charge in [-0.2, -0.15) is 0 Å². The van der Waals surface area contributed by atoms with Gasteiger partial charge in [0.2, 0.25) is 5.91 Å². The molecule has 6 heteroatoms. The van der Waals surface area contributed by atoms with Crippen LogP contribution in [0.5, 0.6) is 0 Å². The number of amides is 1. The average molecular weight is 293 g/mol. The molecule has 1 amide bonds. The molecule has 1 aliphatic heterocycles. The van der Waals surface area contributed by atoms with Crippen LogP contribution >= 0.6 is 11.8 Å². The number of hydrogen-bond acceptors (Lipinski definition) is 4. The van der Waals surface area contributed by atoms with Crippen molar-refractivity contribution >= 4 is 35.6 Å². The summed E-state index contributed by atoms with van der Waals surface area (Å²) >= 11 is 1.39. The van der Waals surface area contributed by atoms with Crippen LogP contribution in [-0.2, 0) is 9.59 Å². The van der Waals surface area contributed by atoms with Gasteiger partial charge in [0.05, 0.1) is 16.9 Å². The van der Waals surface area contributed by atoms with Gasteiger partial charge in [0.25, 0.3) is 0 Å². The normalized spacial score (nSPS) is 16.7. The van der Waals surface area contributed by atoms with Crippen LogP contribution in [0.25, 0.3) is 0 Å². The van der Waals surface area contributed by atoms with Gasteiger partial charge in [-0.1, -0.05) is 0 Å². The van der Waals surface area contributed by atoms with Gasteiger partial charge in [0.15, 0.2) is 0 Å². The van der Waals surface area contributed by atoms with E-state index in [9.17, 15) is 14.4 Å². The quantitative estimate of drug-likeness (QED) is 0.861. The molecular formula is C14H15NO4S. The van der Waals surface area contributed by atoms with Crippen molar-refractivity contribution in [1.82, 2.24) is 0 Å². The number of carboxylic acids is 1. The summed E-state index contributed by atoms with van der Waals surface area (Å²) < 4.78 is -0.674. The summed E-state index contributed by atoms with van der Waals surface area (Å²) in [6, 6.07) is 5.06. The van der Waals surface area contributed by atoms with Crippen molar-refractivity contribution in [2.24, 2.45) is 0 Å². The van der Waals surface area contributed by atoms with Gasteiger partial charge in [-0.3, -0.25) is 14.4 Å². The predicted octanol–water partition coefficient (Wildman–Crippen LogP) is 2.19. The summed E-state index contributed by atoms with van der Waals surface area (Å²) in [5, 5.41) is 8.80. The van der Waals surface area contributed by atoms with E-state index in [1.807, 2.05) is 0 Å². The molecule has 0 radical (unpaired) electrons. The van der Waals surface area contributed by atoms with Gasteiger partial charge in [-0.05, 0) is 32.0 Å². The van der Waals surface area contributed by atoms with E-state index in [1.54, 1.807) is 32.0 Å². The Bertz CT molecular complexity index is 583. The molecule has 0 aliphatic carbocycles. The summed E-state index contributed by atoms with van der Waals surface area (Å²) in [7, 11) is 0. The standard InChI is InChI=1S/C14H15NO4S/c1-14(2)13(19)15(6-5-12(17)18)10-4-3-9(8-16)7-11(10)20-14/h3-4,7-8H,5-6H2,1-2H3,(H,17,18). The summed E-state index contributed by atoms with van der Waals surface area (Å²) in [6.45, 7) is 3.72. The Morgan fingerprint density at radius 3 is 2.75 bits per heavy atom. The van der Waals surface area contributed by atoms with Crippen LogP contribution < -0.4 is 4.90 Å². The van der Waals surface area contributed by atoms with Crippen LogP contribution in [0.3, 0.4) is 0 Å². The summed E-state index contributed by atoms with van der Waals surface area (Å²) in [6.07, 6.45) is 0.646. The number of fused-ring (bicyclic) bond motifs is 1. The largest absolute Gasteiger partial charge is 0.481 e. The second-order valence-electron chi connectivity index (χ2n) is 5.06. The number of nitrogens with zero attached hydrogens (tertiary/aromatic N) is 1. The topological polar surface area (TPSA) is 74.7 Å². The van der Waals surface area contributed by atoms with Crippen LogP contribution in [0.1, 0.15) is 30.6 Å². The summed E-state index contributed by atoms with van der Waals surface area (Å²) in [5.41, 5.74) is 1.21. The van der Waals surface area contributed by atoms with Gasteiger partial charge < -0.3 is 10.0 Å². The SMILES string of the molecule is CC1(C)Sc2cc(C=O)ccc2N(CCC(=O)O)C1=O. The first-order valence-corrected chi connectivity index (χ1v) is 6.99. The second-order valence-corrected chi connectivity index (χ2v) is 6.72. The minimum Gasteiger partial charge on any atom is -0.481 e. The molecule has 1 heterocycles. The molecule has 0 saturated heterocycles. The Hall–Kier alpha value is -1.82. The Balaban J connectivity index is 2.43. The van der Waals surface area contributed by atoms with E-state index in [2.05, 4.69) is 0 Å². The molecule has 0 aromatic heterocycles. The van der Waals surface area contributed by atoms with Gasteiger partial charge >= 0.3 is 5.97 Å². The van der Waals surface area contributed by atoms with E-state index in [1.165, 1.54) is 16.7 Å². The first-order chi connectivity index (χ1) is 9.35. The lowest BCUT2D eigenvalue weighted by Gasteiger charge is -2.37. The van der Waals surface area contributed by atoms with Crippen LogP contribution in [0, 0.1) is 0 Å². The highest BCUT2D eigenvalue weighted by Crippen LogP contribution is 2.45. The molecule has 1 N–H and O–H groups in total. The molecule has 2 rings (SSSR count). The van der Waals surface area contributed by atoms with E-state index in [4.69, 9.17) is 5.11 Å². The summed E-state index contributed by atoms with van der Waals surface area (Å²) in [5.74, 6) is -1.06. The van der Waals surface area contributed by atoms with Crippen LogP contribution in [0.15, 0.2) is 23.1 Å². The molecule has 1 aromatic carbocycles. The van der Waals surface area contributed by atoms with Crippen molar-refractivity contribution in [3.05, 3.63) is 23.8 Å². The Morgan fingerprint density at radius 2 is 2.15 bits per heavy atom. The zero-order valence-corrected chi connectivity index (χ0v) is 12.1. The highest BCUT2D eigenvalue weighted by molar-refractivity contribution is 8.01. The highest BCUT2D eigenvalue weighted by Gasteiger charge is 2.39. The second kappa shape index (κ2) is 5.28. The van der Waals surface area contributed by atoms with Crippen LogP contribution in [-0.4, -0.2) is 34.6 Å². The number of anilines is 1. The number of carboxylic acid groups (broad SMARTS) is 1. The van der Waals surface area contributed by atoms with Crippen molar-refractivity contribution in [3.8, 4) is 0 Å². The number of aliphatic carboxylic acids is 1. The molecule has 1 aliphatic rings. The fraction of sp³-hybridized carbons (Fsp3) is 0.357. The predicted molar refractivity (Wildman–Crippen MR) is 76.4 cm³/mol. The van der Waals surface area contributed by atoms with Gasteiger partial charge in [-0.25, -0.2) is 0 Å². The Morgan fingerprint density at radius 1 is 1.45 bits per heavy atom. The maximum atomic E-state index is 12.4. The van der Waals surface area contributed by atoms with Crippen molar-refractivity contribution in [2.75, 3.05) is 11.4 Å². The van der Waals surface area contributed by atoms with E-state index in [0.29, 0.717) is 11.3 Å². The third-order valence-electron chi connectivity index (χ3n) is 3.09. The molecule has 0 fully saturated rings.